The molecule has 0 unspecified atom stereocenters. The van der Waals surface area contributed by atoms with E-state index in [2.05, 4.69) is 34.9 Å². The van der Waals surface area contributed by atoms with E-state index >= 15 is 0 Å². The van der Waals surface area contributed by atoms with Crippen LogP contribution < -0.4 is 10.6 Å². The third kappa shape index (κ3) is 2.04. The Morgan fingerprint density at radius 2 is 1.56 bits per heavy atom. The van der Waals surface area contributed by atoms with Crippen LogP contribution in [0.4, 0.5) is 0 Å². The Morgan fingerprint density at radius 1 is 0.840 bits per heavy atom. The molecule has 1 atom stereocenters. The second-order valence-electron chi connectivity index (χ2n) is 6.26. The van der Waals surface area contributed by atoms with E-state index in [4.69, 9.17) is 12.2 Å². The fourth-order valence-corrected chi connectivity index (χ4v) is 4.02. The first-order valence-corrected chi connectivity index (χ1v) is 8.58. The highest BCUT2D eigenvalue weighted by molar-refractivity contribution is 7.80. The van der Waals surface area contributed by atoms with Crippen LogP contribution in [-0.2, 0) is 0 Å². The third-order valence-corrected chi connectivity index (χ3v) is 5.11. The van der Waals surface area contributed by atoms with Gasteiger partial charge in [-0.05, 0) is 28.6 Å². The molecule has 0 bridgehead atoms. The van der Waals surface area contributed by atoms with E-state index < -0.39 is 0 Å². The van der Waals surface area contributed by atoms with Gasteiger partial charge in [0.15, 0.2) is 10.9 Å². The van der Waals surface area contributed by atoms with E-state index in [1.165, 1.54) is 0 Å². The average molecular weight is 342 g/mol. The molecule has 0 spiro atoms. The summed E-state index contributed by atoms with van der Waals surface area (Å²) in [5, 5.41) is 9.31. The molecule has 120 valence electrons. The summed E-state index contributed by atoms with van der Waals surface area (Å²) in [5.74, 6) is 0.0611. The van der Waals surface area contributed by atoms with Crippen LogP contribution in [0.2, 0.25) is 0 Å². The molecule has 0 radical (unpaired) electrons. The summed E-state index contributed by atoms with van der Waals surface area (Å²) in [7, 11) is 0. The Morgan fingerprint density at radius 3 is 2.44 bits per heavy atom. The second-order valence-corrected chi connectivity index (χ2v) is 6.67. The zero-order valence-electron chi connectivity index (χ0n) is 13.2. The van der Waals surface area contributed by atoms with Crippen LogP contribution in [0, 0.1) is 0 Å². The Hall–Kier alpha value is -2.98. The minimum absolute atomic E-state index is 0.0611. The first kappa shape index (κ1) is 14.4. The van der Waals surface area contributed by atoms with E-state index in [1.807, 2.05) is 42.5 Å². The van der Waals surface area contributed by atoms with Gasteiger partial charge in [-0.2, -0.15) is 0 Å². The number of hydrogen-bond acceptors (Lipinski definition) is 2. The van der Waals surface area contributed by atoms with Crippen molar-refractivity contribution in [1.29, 1.82) is 0 Å². The molecule has 2 aliphatic rings. The molecule has 0 amide bonds. The molecule has 1 aliphatic heterocycles. The van der Waals surface area contributed by atoms with Gasteiger partial charge in [0.25, 0.3) is 0 Å². The number of fused-ring (bicyclic) bond motifs is 3. The SMILES string of the molecule is O=C1C2=C(NC(=S)N[C@@H]2c2cccc3ccccc23)c2ccccc21. The van der Waals surface area contributed by atoms with Crippen LogP contribution >= 0.6 is 12.2 Å². The number of carbonyl (C=O) groups excluding carboxylic acids is 1. The molecule has 0 aromatic heterocycles. The quantitative estimate of drug-likeness (QED) is 0.657. The number of carbonyl (C=O) groups is 1. The minimum atomic E-state index is -0.255. The molecule has 3 aromatic rings. The summed E-state index contributed by atoms with van der Waals surface area (Å²) in [6, 6.07) is 21.8. The molecule has 25 heavy (non-hydrogen) atoms. The van der Waals surface area contributed by atoms with Gasteiger partial charge >= 0.3 is 0 Å². The number of Topliss-reactive ketones (excluding diaryl/α,β-unsaturated/α-hetero) is 1. The van der Waals surface area contributed by atoms with Crippen LogP contribution in [0.3, 0.4) is 0 Å². The number of nitrogens with one attached hydrogen (secondary N) is 2. The standard InChI is InChI=1S/C21H14N2OS/c24-20-16-10-4-3-9-15(16)19-17(20)18(22-21(25)23-19)14-11-5-7-12-6-1-2-8-13(12)14/h1-11,18H,(H2,22,23,25)/t18-/m1/s1. The van der Waals surface area contributed by atoms with E-state index in [0.717, 1.165) is 38.7 Å². The number of rotatable bonds is 1. The molecule has 1 aliphatic carbocycles. The first-order valence-electron chi connectivity index (χ1n) is 8.17. The molecule has 2 N–H and O–H groups in total. The maximum Gasteiger partial charge on any atom is 0.194 e. The fourth-order valence-electron chi connectivity index (χ4n) is 3.80. The van der Waals surface area contributed by atoms with Gasteiger partial charge in [-0.15, -0.1) is 0 Å². The first-order chi connectivity index (χ1) is 12.2. The maximum atomic E-state index is 13.1. The van der Waals surface area contributed by atoms with Crippen LogP contribution in [0.15, 0.2) is 72.3 Å². The highest BCUT2D eigenvalue weighted by Gasteiger charge is 2.39. The largest absolute Gasteiger partial charge is 0.351 e. The molecule has 3 aromatic carbocycles. The summed E-state index contributed by atoms with van der Waals surface area (Å²) in [6.07, 6.45) is 0. The molecular weight excluding hydrogens is 328 g/mol. The maximum absolute atomic E-state index is 13.1. The van der Waals surface area contributed by atoms with E-state index in [-0.39, 0.29) is 11.8 Å². The Bertz CT molecular complexity index is 1090. The molecule has 0 saturated carbocycles. The third-order valence-electron chi connectivity index (χ3n) is 4.89. The van der Waals surface area contributed by atoms with Gasteiger partial charge in [-0.3, -0.25) is 4.79 Å². The molecule has 0 saturated heterocycles. The van der Waals surface area contributed by atoms with Crippen molar-refractivity contribution in [2.75, 3.05) is 0 Å². The lowest BCUT2D eigenvalue weighted by atomic mass is 9.91. The highest BCUT2D eigenvalue weighted by atomic mass is 32.1. The molecule has 3 nitrogen and oxygen atoms in total. The Balaban J connectivity index is 1.76. The molecule has 4 heteroatoms. The van der Waals surface area contributed by atoms with Crippen molar-refractivity contribution < 1.29 is 4.79 Å². The van der Waals surface area contributed by atoms with Crippen molar-refractivity contribution in [3.05, 3.63) is 89.0 Å². The molecule has 0 fully saturated rings. The van der Waals surface area contributed by atoms with Crippen molar-refractivity contribution >= 4 is 39.6 Å². The topological polar surface area (TPSA) is 41.1 Å². The molecule has 5 rings (SSSR count). The van der Waals surface area contributed by atoms with Gasteiger partial charge in [0.1, 0.15) is 0 Å². The van der Waals surface area contributed by atoms with E-state index in [0.29, 0.717) is 5.11 Å². The lowest BCUT2D eigenvalue weighted by molar-refractivity contribution is 0.103. The zero-order chi connectivity index (χ0) is 17.0. The van der Waals surface area contributed by atoms with Crippen LogP contribution in [0.25, 0.3) is 16.5 Å². The van der Waals surface area contributed by atoms with Gasteiger partial charge in [0.05, 0.1) is 17.3 Å². The summed E-state index contributed by atoms with van der Waals surface area (Å²) in [6.45, 7) is 0. The van der Waals surface area contributed by atoms with Crippen LogP contribution in [-0.4, -0.2) is 10.9 Å². The van der Waals surface area contributed by atoms with E-state index in [1.54, 1.807) is 0 Å². The van der Waals surface area contributed by atoms with E-state index in [9.17, 15) is 4.79 Å². The Kier molecular flexibility index (Phi) is 3.02. The second kappa shape index (κ2) is 5.26. The lowest BCUT2D eigenvalue weighted by Gasteiger charge is -2.29. The van der Waals surface area contributed by atoms with Crippen molar-refractivity contribution in [1.82, 2.24) is 10.6 Å². The van der Waals surface area contributed by atoms with Crippen molar-refractivity contribution in [2.24, 2.45) is 0 Å². The van der Waals surface area contributed by atoms with Gasteiger partial charge in [-0.1, -0.05) is 66.7 Å². The minimum Gasteiger partial charge on any atom is -0.351 e. The van der Waals surface area contributed by atoms with Crippen LogP contribution in [0.5, 0.6) is 0 Å². The van der Waals surface area contributed by atoms with Crippen molar-refractivity contribution in [2.45, 2.75) is 6.04 Å². The van der Waals surface area contributed by atoms with Crippen LogP contribution in [0.1, 0.15) is 27.5 Å². The predicted molar refractivity (Wildman–Crippen MR) is 103 cm³/mol. The Labute approximate surface area is 150 Å². The normalized spacial score (nSPS) is 18.6. The summed E-state index contributed by atoms with van der Waals surface area (Å²) >= 11 is 5.43. The summed E-state index contributed by atoms with van der Waals surface area (Å²) in [5.41, 5.74) is 4.30. The molecule has 1 heterocycles. The summed E-state index contributed by atoms with van der Waals surface area (Å²) < 4.78 is 0. The van der Waals surface area contributed by atoms with Gasteiger partial charge in [0.2, 0.25) is 0 Å². The van der Waals surface area contributed by atoms with Gasteiger partial charge in [-0.25, -0.2) is 0 Å². The summed E-state index contributed by atoms with van der Waals surface area (Å²) in [4.78, 5) is 13.1. The van der Waals surface area contributed by atoms with Crippen molar-refractivity contribution in [3.63, 3.8) is 0 Å². The monoisotopic (exact) mass is 342 g/mol. The lowest BCUT2D eigenvalue weighted by Crippen LogP contribution is -2.43. The molecular formula is C21H14N2OS. The van der Waals surface area contributed by atoms with Crippen molar-refractivity contribution in [3.8, 4) is 0 Å². The number of hydrogen-bond donors (Lipinski definition) is 2. The highest BCUT2D eigenvalue weighted by Crippen LogP contribution is 2.41. The number of ketones is 1. The fraction of sp³-hybridized carbons (Fsp3) is 0.0476. The average Bonchev–Trinajstić information content (AvgIpc) is 2.93. The predicted octanol–water partition coefficient (Wildman–Crippen LogP) is 3.97. The number of benzene rings is 3. The zero-order valence-corrected chi connectivity index (χ0v) is 14.1. The van der Waals surface area contributed by atoms with Gasteiger partial charge < -0.3 is 10.6 Å². The van der Waals surface area contributed by atoms with Gasteiger partial charge in [0, 0.05) is 11.1 Å². The number of thiocarbonyl (C=S) groups is 1. The smallest absolute Gasteiger partial charge is 0.194 e.